The second-order valence-electron chi connectivity index (χ2n) is 12.0. The van der Waals surface area contributed by atoms with Crippen LogP contribution < -0.4 is 16.8 Å². The lowest BCUT2D eigenvalue weighted by Gasteiger charge is -2.30. The molecule has 51 heavy (non-hydrogen) atoms. The number of aromatic nitrogens is 8. The van der Waals surface area contributed by atoms with E-state index in [4.69, 9.17) is 55.6 Å². The van der Waals surface area contributed by atoms with Gasteiger partial charge in [-0.05, 0) is 31.2 Å². The Morgan fingerprint density at radius 3 is 2.22 bits per heavy atom. The van der Waals surface area contributed by atoms with Gasteiger partial charge in [-0.25, -0.2) is 38.9 Å². The molecular formula is C25H30FN11O10P2S2. The van der Waals surface area contributed by atoms with E-state index in [9.17, 15) is 14.3 Å². The van der Waals surface area contributed by atoms with Crippen molar-refractivity contribution in [2.75, 3.05) is 31.2 Å². The van der Waals surface area contributed by atoms with E-state index in [0.717, 1.165) is 6.42 Å². The average molecular weight is 790 g/mol. The van der Waals surface area contributed by atoms with E-state index < -0.39 is 87.9 Å². The Morgan fingerprint density at radius 2 is 1.57 bits per heavy atom. The summed E-state index contributed by atoms with van der Waals surface area (Å²) < 4.78 is 73.8. The molecule has 8 rings (SSSR count). The molecule has 4 aromatic heterocycles. The highest BCUT2D eigenvalue weighted by Gasteiger charge is 2.55. The van der Waals surface area contributed by atoms with Gasteiger partial charge < -0.3 is 40.4 Å². The number of nitrogens with one attached hydrogen (secondary N) is 1. The number of nitrogen functional groups attached to an aromatic ring is 2. The first-order valence-corrected chi connectivity index (χ1v) is 20.7. The number of ether oxygens (including phenoxy) is 3. The molecule has 26 heteroatoms. The first-order valence-electron chi connectivity index (χ1n) is 15.5. The molecule has 11 atom stereocenters. The molecule has 4 aromatic rings. The molecule has 8 heterocycles. The summed E-state index contributed by atoms with van der Waals surface area (Å²) in [5.74, 6) is -0.488. The Morgan fingerprint density at radius 1 is 0.961 bits per heavy atom. The third-order valence-electron chi connectivity index (χ3n) is 8.79. The molecule has 0 saturated carbocycles. The second kappa shape index (κ2) is 13.5. The fraction of sp³-hybridized carbons (Fsp3) is 0.560. The monoisotopic (exact) mass is 789 g/mol. The summed E-state index contributed by atoms with van der Waals surface area (Å²) in [6.07, 6.45) is -5.34. The molecule has 0 aliphatic carbocycles. The minimum Gasteiger partial charge on any atom is -0.453 e. The molecule has 4 saturated heterocycles. The molecular weight excluding hydrogens is 759 g/mol. The van der Waals surface area contributed by atoms with Crippen LogP contribution in [0.5, 0.6) is 0 Å². The summed E-state index contributed by atoms with van der Waals surface area (Å²) in [4.78, 5) is 49.4. The van der Waals surface area contributed by atoms with Crippen LogP contribution in [0.15, 0.2) is 25.3 Å². The lowest BCUT2D eigenvalue weighted by Crippen LogP contribution is -2.43. The second-order valence-corrected chi connectivity index (χ2v) is 17.6. The predicted molar refractivity (Wildman–Crippen MR) is 178 cm³/mol. The maximum atomic E-state index is 16.2. The smallest absolute Gasteiger partial charge is 0.386 e. The van der Waals surface area contributed by atoms with Gasteiger partial charge in [0.1, 0.15) is 54.1 Å². The fourth-order valence-electron chi connectivity index (χ4n) is 6.42. The molecule has 4 aliphatic rings. The van der Waals surface area contributed by atoms with Crippen molar-refractivity contribution in [3.05, 3.63) is 25.3 Å². The Hall–Kier alpha value is -2.99. The number of nitrogens with zero attached hydrogens (tertiary/aromatic N) is 8. The maximum absolute atomic E-state index is 16.2. The first-order chi connectivity index (χ1) is 24.4. The van der Waals surface area contributed by atoms with Crippen LogP contribution in [0, 0.1) is 0 Å². The van der Waals surface area contributed by atoms with Gasteiger partial charge in [0.2, 0.25) is 0 Å². The van der Waals surface area contributed by atoms with Crippen molar-refractivity contribution in [3.63, 3.8) is 0 Å². The molecule has 0 bridgehead atoms. The molecule has 4 fully saturated rings. The SMILES string of the molecule is Nc1ncnc2c1ncn2[C@@H]1O[C@@H]2COP(O)(=S)O[C@H]3[C@@H](OC(=O)[C@H]4CCCN4)[C@H](n4cnc5c(N)ncnc54)O[C@@H]3COP(=O)(S)O[C@H]2[C@H]1F. The number of hydrogen-bond donors (Lipinski definition) is 5. The van der Waals surface area contributed by atoms with Crippen LogP contribution in [-0.2, 0) is 53.5 Å². The van der Waals surface area contributed by atoms with Crippen molar-refractivity contribution in [2.45, 2.75) is 68.0 Å². The third kappa shape index (κ3) is 6.61. The van der Waals surface area contributed by atoms with Crippen LogP contribution >= 0.6 is 25.8 Å². The zero-order chi connectivity index (χ0) is 35.7. The van der Waals surface area contributed by atoms with Crippen LogP contribution in [0.2, 0.25) is 0 Å². The van der Waals surface area contributed by atoms with E-state index in [-0.39, 0.29) is 34.0 Å². The average Bonchev–Trinajstić information content (AvgIpc) is 3.92. The lowest BCUT2D eigenvalue weighted by atomic mass is 10.1. The number of thiol groups is 1. The van der Waals surface area contributed by atoms with E-state index >= 15 is 4.39 Å². The van der Waals surface area contributed by atoms with E-state index in [0.29, 0.717) is 13.0 Å². The van der Waals surface area contributed by atoms with Crippen LogP contribution in [0.3, 0.4) is 0 Å². The van der Waals surface area contributed by atoms with Crippen molar-refractivity contribution in [2.24, 2.45) is 0 Å². The largest absolute Gasteiger partial charge is 0.453 e. The minimum atomic E-state index is -4.42. The van der Waals surface area contributed by atoms with Gasteiger partial charge in [0.25, 0.3) is 0 Å². The van der Waals surface area contributed by atoms with E-state index in [1.165, 1.54) is 34.4 Å². The highest BCUT2D eigenvalue weighted by atomic mass is 32.7. The first kappa shape index (κ1) is 35.1. The topological polar surface area (TPSA) is 270 Å². The Bertz CT molecular complexity index is 2080. The molecule has 6 N–H and O–H groups in total. The standard InChI is InChI=1S/C25H30FN11O10P2S2/c26-13-16-11(43-23(13)36-8-34-14-19(27)30-6-32-21(14)36)4-41-49(40,51)47-17-12(5-42-48(39,50)46-16)44-24(18(17)45-25(38)10-2-1-3-29-10)37-9-35-15-20(28)31-7-33-22(15)37/h6-13,16-18,23-24,29H,1-5H2,(H,39,50)(H,40,51)(H2,27,30,32)(H2,28,31,33)/t10-,11-,12-,13-,16-,17-,18-,23-,24-,48?,49?/m1/s1. The van der Waals surface area contributed by atoms with Gasteiger partial charge >= 0.3 is 19.5 Å². The minimum absolute atomic E-state index is 0.0572. The van der Waals surface area contributed by atoms with Gasteiger partial charge in [-0.2, -0.15) is 0 Å². The molecule has 274 valence electrons. The van der Waals surface area contributed by atoms with Gasteiger partial charge in [0.15, 0.2) is 47.7 Å². The number of fused-ring (bicyclic) bond motifs is 4. The zero-order valence-corrected chi connectivity index (χ0v) is 29.5. The predicted octanol–water partition coefficient (Wildman–Crippen LogP) is 0.699. The number of rotatable bonds is 4. The quantitative estimate of drug-likeness (QED) is 0.108. The number of imidazole rings is 2. The summed E-state index contributed by atoms with van der Waals surface area (Å²) in [5.41, 5.74) is 12.7. The normalized spacial score (nSPS) is 37.5. The third-order valence-corrected chi connectivity index (χ3v) is 12.0. The van der Waals surface area contributed by atoms with Gasteiger partial charge in [0, 0.05) is 0 Å². The molecule has 0 amide bonds. The molecule has 2 unspecified atom stereocenters. The van der Waals surface area contributed by atoms with Crippen molar-refractivity contribution >= 4 is 77.5 Å². The molecule has 21 nitrogen and oxygen atoms in total. The molecule has 0 aromatic carbocycles. The Labute approximate surface area is 296 Å². The summed E-state index contributed by atoms with van der Waals surface area (Å²) >= 11 is 9.50. The number of nitrogens with two attached hydrogens (primary N) is 2. The van der Waals surface area contributed by atoms with Crippen LogP contribution in [0.25, 0.3) is 22.3 Å². The van der Waals surface area contributed by atoms with Gasteiger partial charge in [0.05, 0.1) is 25.9 Å². The number of esters is 1. The van der Waals surface area contributed by atoms with Crippen LogP contribution in [-0.4, -0.2) is 112 Å². The number of carbonyl (C=O) groups is 1. The number of carbonyl (C=O) groups excluding carboxylic acids is 1. The lowest BCUT2D eigenvalue weighted by molar-refractivity contribution is -0.160. The van der Waals surface area contributed by atoms with Crippen molar-refractivity contribution < 1.29 is 50.9 Å². The van der Waals surface area contributed by atoms with Crippen molar-refractivity contribution in [1.82, 2.24) is 44.4 Å². The Kier molecular flexibility index (Phi) is 9.25. The maximum Gasteiger partial charge on any atom is 0.386 e. The molecule has 0 spiro atoms. The summed E-state index contributed by atoms with van der Waals surface area (Å²) in [7, 11) is 0. The number of alkyl halides is 1. The molecule has 0 radical (unpaired) electrons. The fourth-order valence-corrected chi connectivity index (χ4v) is 9.34. The zero-order valence-electron chi connectivity index (χ0n) is 26.0. The van der Waals surface area contributed by atoms with Gasteiger partial charge in [-0.15, -0.1) is 0 Å². The number of hydrogen-bond acceptors (Lipinski definition) is 19. The Balaban J connectivity index is 1.11. The summed E-state index contributed by atoms with van der Waals surface area (Å²) in [6, 6.07) is -0.627. The highest BCUT2D eigenvalue weighted by Crippen LogP contribution is 2.58. The van der Waals surface area contributed by atoms with Crippen LogP contribution in [0.4, 0.5) is 16.0 Å². The van der Waals surface area contributed by atoms with Gasteiger partial charge in [-0.3, -0.25) is 27.5 Å². The van der Waals surface area contributed by atoms with E-state index in [1.807, 2.05) is 0 Å². The van der Waals surface area contributed by atoms with Crippen molar-refractivity contribution in [1.29, 1.82) is 0 Å². The highest BCUT2D eigenvalue weighted by molar-refractivity contribution is 8.44. The number of halogens is 1. The van der Waals surface area contributed by atoms with Gasteiger partial charge in [-0.1, -0.05) is 12.2 Å². The van der Waals surface area contributed by atoms with E-state index in [2.05, 4.69) is 47.5 Å². The van der Waals surface area contributed by atoms with Crippen LogP contribution in [0.1, 0.15) is 25.3 Å². The summed E-state index contributed by atoms with van der Waals surface area (Å²) in [5, 5.41) is 3.07. The van der Waals surface area contributed by atoms with E-state index in [1.54, 1.807) is 0 Å². The van der Waals surface area contributed by atoms with Crippen molar-refractivity contribution in [3.8, 4) is 0 Å². The summed E-state index contributed by atoms with van der Waals surface area (Å²) in [6.45, 7) is -9.28. The molecule has 4 aliphatic heterocycles. The number of anilines is 2.